The lowest BCUT2D eigenvalue weighted by atomic mass is 9.94. The largest absolute Gasteiger partial charge is 0.383 e. The van der Waals surface area contributed by atoms with Crippen LogP contribution in [-0.2, 0) is 16.0 Å². The predicted molar refractivity (Wildman–Crippen MR) is 86.5 cm³/mol. The van der Waals surface area contributed by atoms with Crippen LogP contribution in [0.3, 0.4) is 0 Å². The molecule has 21 heavy (non-hydrogen) atoms. The first-order valence-corrected chi connectivity index (χ1v) is 7.29. The highest BCUT2D eigenvalue weighted by molar-refractivity contribution is 5.85. The SMILES string of the molecule is COCC(N)C(=O)NC1CCCC1Cc1ccccc1.Cl. The molecule has 0 spiro atoms. The molecule has 1 fully saturated rings. The van der Waals surface area contributed by atoms with Gasteiger partial charge in [-0.3, -0.25) is 4.79 Å². The second-order valence-electron chi connectivity index (χ2n) is 5.56. The monoisotopic (exact) mass is 312 g/mol. The van der Waals surface area contributed by atoms with E-state index in [2.05, 4.69) is 29.6 Å². The summed E-state index contributed by atoms with van der Waals surface area (Å²) in [6.45, 7) is 0.266. The maximum absolute atomic E-state index is 12.0. The van der Waals surface area contributed by atoms with E-state index in [1.807, 2.05) is 6.07 Å². The topological polar surface area (TPSA) is 64.3 Å². The number of nitrogens with one attached hydrogen (secondary N) is 1. The van der Waals surface area contributed by atoms with Crippen LogP contribution in [0.25, 0.3) is 0 Å². The lowest BCUT2D eigenvalue weighted by Crippen LogP contribution is -2.48. The number of hydrogen-bond acceptors (Lipinski definition) is 3. The zero-order valence-corrected chi connectivity index (χ0v) is 13.3. The highest BCUT2D eigenvalue weighted by Crippen LogP contribution is 2.28. The second-order valence-corrected chi connectivity index (χ2v) is 5.56. The summed E-state index contributed by atoms with van der Waals surface area (Å²) in [7, 11) is 1.56. The zero-order chi connectivity index (χ0) is 14.4. The molecule has 0 heterocycles. The van der Waals surface area contributed by atoms with Crippen molar-refractivity contribution in [2.45, 2.75) is 37.8 Å². The van der Waals surface area contributed by atoms with Crippen molar-refractivity contribution in [3.05, 3.63) is 35.9 Å². The Bertz CT molecular complexity index is 428. The van der Waals surface area contributed by atoms with Gasteiger partial charge < -0.3 is 15.8 Å². The fourth-order valence-electron chi connectivity index (χ4n) is 2.93. The van der Waals surface area contributed by atoms with Crippen molar-refractivity contribution in [3.8, 4) is 0 Å². The molecule has 1 aromatic rings. The number of carbonyl (C=O) groups excluding carboxylic acids is 1. The summed E-state index contributed by atoms with van der Waals surface area (Å²) in [5, 5.41) is 3.09. The molecule has 1 aliphatic rings. The highest BCUT2D eigenvalue weighted by Gasteiger charge is 2.29. The molecule has 3 unspecified atom stereocenters. The number of methoxy groups -OCH3 is 1. The molecular weight excluding hydrogens is 288 g/mol. The number of carbonyl (C=O) groups is 1. The molecule has 1 aliphatic carbocycles. The van der Waals surface area contributed by atoms with Crippen molar-refractivity contribution >= 4 is 18.3 Å². The summed E-state index contributed by atoms with van der Waals surface area (Å²) in [6, 6.07) is 10.1. The number of nitrogens with two attached hydrogens (primary N) is 1. The Kier molecular flexibility index (Phi) is 7.72. The van der Waals surface area contributed by atoms with Crippen LogP contribution in [0, 0.1) is 5.92 Å². The molecule has 0 radical (unpaired) electrons. The van der Waals surface area contributed by atoms with Crippen LogP contribution >= 0.6 is 12.4 Å². The first kappa shape index (κ1) is 18.0. The van der Waals surface area contributed by atoms with Crippen molar-refractivity contribution in [1.82, 2.24) is 5.32 Å². The third-order valence-corrected chi connectivity index (χ3v) is 4.01. The first-order valence-electron chi connectivity index (χ1n) is 7.29. The van der Waals surface area contributed by atoms with Crippen molar-refractivity contribution in [2.24, 2.45) is 11.7 Å². The highest BCUT2D eigenvalue weighted by atomic mass is 35.5. The van der Waals surface area contributed by atoms with Gasteiger partial charge in [-0.15, -0.1) is 12.4 Å². The van der Waals surface area contributed by atoms with E-state index in [4.69, 9.17) is 10.5 Å². The number of benzene rings is 1. The van der Waals surface area contributed by atoms with Crippen LogP contribution < -0.4 is 11.1 Å². The summed E-state index contributed by atoms with van der Waals surface area (Å²) in [5.74, 6) is 0.410. The van der Waals surface area contributed by atoms with Crippen molar-refractivity contribution in [2.75, 3.05) is 13.7 Å². The standard InChI is InChI=1S/C16H24N2O2.ClH/c1-20-11-14(17)16(19)18-15-9-5-8-13(15)10-12-6-3-2-4-7-12;/h2-4,6-7,13-15H,5,8-11,17H2,1H3,(H,18,19);1H. The van der Waals surface area contributed by atoms with Gasteiger partial charge in [0.2, 0.25) is 5.91 Å². The fraction of sp³-hybridized carbons (Fsp3) is 0.562. The van der Waals surface area contributed by atoms with Gasteiger partial charge in [-0.25, -0.2) is 0 Å². The number of hydrogen-bond donors (Lipinski definition) is 2. The Balaban J connectivity index is 0.00000220. The Hall–Kier alpha value is -1.10. The minimum absolute atomic E-state index is 0. The minimum atomic E-state index is -0.571. The molecule has 1 aromatic carbocycles. The molecular formula is C16H25ClN2O2. The maximum atomic E-state index is 12.0. The van der Waals surface area contributed by atoms with E-state index in [0.717, 1.165) is 12.8 Å². The van der Waals surface area contributed by atoms with Crippen LogP contribution in [0.5, 0.6) is 0 Å². The van der Waals surface area contributed by atoms with Crippen molar-refractivity contribution in [1.29, 1.82) is 0 Å². The van der Waals surface area contributed by atoms with Gasteiger partial charge in [0.15, 0.2) is 0 Å². The van der Waals surface area contributed by atoms with E-state index < -0.39 is 6.04 Å². The van der Waals surface area contributed by atoms with Gasteiger partial charge in [-0.05, 0) is 30.7 Å². The van der Waals surface area contributed by atoms with Gasteiger partial charge in [-0.1, -0.05) is 36.8 Å². The molecule has 0 aromatic heterocycles. The molecule has 118 valence electrons. The van der Waals surface area contributed by atoms with Gasteiger partial charge in [0.25, 0.3) is 0 Å². The summed E-state index contributed by atoms with van der Waals surface area (Å²) in [4.78, 5) is 12.0. The number of rotatable bonds is 6. The molecule has 2 rings (SSSR count). The minimum Gasteiger partial charge on any atom is -0.383 e. The number of amides is 1. The normalized spacial score (nSPS) is 22.4. The smallest absolute Gasteiger partial charge is 0.239 e. The van der Waals surface area contributed by atoms with Crippen molar-refractivity contribution in [3.63, 3.8) is 0 Å². The zero-order valence-electron chi connectivity index (χ0n) is 12.5. The van der Waals surface area contributed by atoms with Gasteiger partial charge in [0.1, 0.15) is 6.04 Å². The summed E-state index contributed by atoms with van der Waals surface area (Å²) < 4.78 is 4.93. The van der Waals surface area contributed by atoms with Crippen LogP contribution in [0.4, 0.5) is 0 Å². The van der Waals surface area contributed by atoms with Crippen LogP contribution in [0.1, 0.15) is 24.8 Å². The third-order valence-electron chi connectivity index (χ3n) is 4.01. The van der Waals surface area contributed by atoms with E-state index in [1.54, 1.807) is 7.11 Å². The number of halogens is 1. The molecule has 5 heteroatoms. The third kappa shape index (κ3) is 5.30. The van der Waals surface area contributed by atoms with Gasteiger partial charge in [0.05, 0.1) is 6.61 Å². The van der Waals surface area contributed by atoms with E-state index >= 15 is 0 Å². The average molecular weight is 313 g/mol. The lowest BCUT2D eigenvalue weighted by Gasteiger charge is -2.23. The summed E-state index contributed by atoms with van der Waals surface area (Å²) in [6.07, 6.45) is 4.40. The molecule has 0 aliphatic heterocycles. The summed E-state index contributed by atoms with van der Waals surface area (Å²) >= 11 is 0. The predicted octanol–water partition coefficient (Wildman–Crippen LogP) is 1.91. The quantitative estimate of drug-likeness (QED) is 0.843. The lowest BCUT2D eigenvalue weighted by molar-refractivity contribution is -0.124. The first-order chi connectivity index (χ1) is 9.70. The Morgan fingerprint density at radius 1 is 1.38 bits per heavy atom. The van der Waals surface area contributed by atoms with Gasteiger partial charge in [0, 0.05) is 13.2 Å². The van der Waals surface area contributed by atoms with E-state index in [9.17, 15) is 4.79 Å². The Morgan fingerprint density at radius 2 is 2.10 bits per heavy atom. The van der Waals surface area contributed by atoms with Gasteiger partial charge >= 0.3 is 0 Å². The molecule has 1 amide bonds. The molecule has 1 saturated carbocycles. The Labute approximate surface area is 132 Å². The molecule has 3 atom stereocenters. The van der Waals surface area contributed by atoms with Gasteiger partial charge in [-0.2, -0.15) is 0 Å². The second kappa shape index (κ2) is 9.03. The summed E-state index contributed by atoms with van der Waals surface area (Å²) in [5.41, 5.74) is 7.10. The van der Waals surface area contributed by atoms with Crippen LogP contribution in [-0.4, -0.2) is 31.7 Å². The van der Waals surface area contributed by atoms with Crippen LogP contribution in [0.2, 0.25) is 0 Å². The van der Waals surface area contributed by atoms with Crippen LogP contribution in [0.15, 0.2) is 30.3 Å². The number of ether oxygens (including phenoxy) is 1. The van der Waals surface area contributed by atoms with E-state index in [0.29, 0.717) is 5.92 Å². The van der Waals surface area contributed by atoms with E-state index in [1.165, 1.54) is 18.4 Å². The molecule has 4 nitrogen and oxygen atoms in total. The van der Waals surface area contributed by atoms with Crippen molar-refractivity contribution < 1.29 is 9.53 Å². The molecule has 0 bridgehead atoms. The molecule has 3 N–H and O–H groups in total. The van der Waals surface area contributed by atoms with E-state index in [-0.39, 0.29) is 31.0 Å². The fourth-order valence-corrected chi connectivity index (χ4v) is 2.93. The maximum Gasteiger partial charge on any atom is 0.239 e. The molecule has 0 saturated heterocycles. The Morgan fingerprint density at radius 3 is 2.76 bits per heavy atom. The average Bonchev–Trinajstić information content (AvgIpc) is 2.87.